The number of benzene rings is 1. The van der Waals surface area contributed by atoms with Crippen molar-refractivity contribution in [3.8, 4) is 0 Å². The molecule has 5 aliphatic rings. The predicted octanol–water partition coefficient (Wildman–Crippen LogP) is 5.07. The Hall–Kier alpha value is -2.28. The number of likely N-dealkylation sites (tertiary alicyclic amines) is 1. The van der Waals surface area contributed by atoms with Gasteiger partial charge in [0.1, 0.15) is 6.10 Å². The van der Waals surface area contributed by atoms with Gasteiger partial charge in [0.15, 0.2) is 0 Å². The van der Waals surface area contributed by atoms with Crippen molar-refractivity contribution < 1.29 is 19.1 Å². The topological polar surface area (TPSA) is 62.3 Å². The summed E-state index contributed by atoms with van der Waals surface area (Å²) in [7, 11) is 0. The number of rotatable bonds is 3. The van der Waals surface area contributed by atoms with E-state index in [2.05, 4.69) is 29.2 Å². The maximum atomic E-state index is 13.2. The molecule has 4 fully saturated rings. The Morgan fingerprint density at radius 1 is 0.944 bits per heavy atom. The third-order valence-electron chi connectivity index (χ3n) is 9.73. The van der Waals surface area contributed by atoms with Crippen LogP contribution in [0.3, 0.4) is 0 Å². The maximum absolute atomic E-state index is 13.2. The second kappa shape index (κ2) is 9.88. The maximum Gasteiger partial charge on any atom is 0.410 e. The Labute approximate surface area is 215 Å². The largest absolute Gasteiger partial charge is 0.450 e. The van der Waals surface area contributed by atoms with Crippen LogP contribution in [0.25, 0.3) is 0 Å². The quantitative estimate of drug-likeness (QED) is 0.586. The normalized spacial score (nSPS) is 29.9. The molecule has 196 valence electrons. The van der Waals surface area contributed by atoms with E-state index >= 15 is 0 Å². The average Bonchev–Trinajstić information content (AvgIpc) is 3.49. The Kier molecular flexibility index (Phi) is 6.61. The summed E-state index contributed by atoms with van der Waals surface area (Å²) in [5, 5.41) is 0. The number of nitrogens with zero attached hydrogens (tertiary/aromatic N) is 3. The van der Waals surface area contributed by atoms with Gasteiger partial charge in [0, 0.05) is 36.6 Å². The molecule has 1 aromatic rings. The lowest BCUT2D eigenvalue weighted by Gasteiger charge is -2.51. The van der Waals surface area contributed by atoms with Gasteiger partial charge in [-0.1, -0.05) is 24.3 Å². The number of fused-ring (bicyclic) bond motifs is 4. The molecule has 7 heteroatoms. The molecule has 4 heterocycles. The minimum Gasteiger partial charge on any atom is -0.450 e. The van der Waals surface area contributed by atoms with E-state index in [1.165, 1.54) is 24.0 Å². The van der Waals surface area contributed by atoms with Crippen LogP contribution in [0.15, 0.2) is 24.3 Å². The summed E-state index contributed by atoms with van der Waals surface area (Å²) < 4.78 is 11.3. The second-order valence-electron chi connectivity index (χ2n) is 11.7. The molecule has 2 unspecified atom stereocenters. The molecule has 6 rings (SSSR count). The number of carbonyl (C=O) groups excluding carboxylic acids is 2. The van der Waals surface area contributed by atoms with Crippen LogP contribution < -0.4 is 0 Å². The second-order valence-corrected chi connectivity index (χ2v) is 11.7. The van der Waals surface area contributed by atoms with Crippen LogP contribution in [0.1, 0.15) is 82.3 Å². The fraction of sp³-hybridized carbons (Fsp3) is 0.724. The van der Waals surface area contributed by atoms with Gasteiger partial charge in [-0.2, -0.15) is 0 Å². The van der Waals surface area contributed by atoms with Crippen LogP contribution in [-0.2, 0) is 21.4 Å². The summed E-state index contributed by atoms with van der Waals surface area (Å²) in [5.41, 5.74) is 2.72. The summed E-state index contributed by atoms with van der Waals surface area (Å²) >= 11 is 0. The van der Waals surface area contributed by atoms with Gasteiger partial charge in [-0.25, -0.2) is 9.59 Å². The smallest absolute Gasteiger partial charge is 0.410 e. The number of carbonyl (C=O) groups is 2. The number of ether oxygens (including phenoxy) is 2. The lowest BCUT2D eigenvalue weighted by molar-refractivity contribution is 0.0144. The fourth-order valence-electron chi connectivity index (χ4n) is 7.93. The Morgan fingerprint density at radius 2 is 1.64 bits per heavy atom. The Bertz CT molecular complexity index is 955. The first-order chi connectivity index (χ1) is 17.6. The SMILES string of the molecule is CCOC(=O)N1C2CCC1CC(N1CCC3(CC1)CN(C(=O)OC1CCCC1)Cc1ccccc13)C2. The lowest BCUT2D eigenvalue weighted by atomic mass is 9.68. The number of piperidine rings is 2. The molecule has 7 nitrogen and oxygen atoms in total. The fourth-order valence-corrected chi connectivity index (χ4v) is 7.93. The summed E-state index contributed by atoms with van der Waals surface area (Å²) in [5.74, 6) is 0. The standard InChI is InChI=1S/C29H41N3O4/c1-2-35-28(34)32-22-11-12-23(32)18-24(17-22)30-15-13-29(14-16-30)20-31(19-21-7-3-6-10-26(21)29)27(33)36-25-8-4-5-9-25/h3,6-7,10,22-25H,2,4-5,8-9,11-20H2,1H3. The van der Waals surface area contributed by atoms with Crippen LogP contribution in [0, 0.1) is 0 Å². The molecule has 0 radical (unpaired) electrons. The van der Waals surface area contributed by atoms with Crippen molar-refractivity contribution in [3.63, 3.8) is 0 Å². The molecule has 36 heavy (non-hydrogen) atoms. The predicted molar refractivity (Wildman–Crippen MR) is 137 cm³/mol. The van der Waals surface area contributed by atoms with Gasteiger partial charge in [-0.3, -0.25) is 0 Å². The average molecular weight is 496 g/mol. The molecule has 4 aliphatic heterocycles. The highest BCUT2D eigenvalue weighted by molar-refractivity contribution is 5.69. The van der Waals surface area contributed by atoms with Gasteiger partial charge in [-0.15, -0.1) is 0 Å². The van der Waals surface area contributed by atoms with E-state index in [1.807, 2.05) is 16.7 Å². The number of hydrogen-bond acceptors (Lipinski definition) is 5. The van der Waals surface area contributed by atoms with Gasteiger partial charge in [0.05, 0.1) is 6.61 Å². The third kappa shape index (κ3) is 4.37. The van der Waals surface area contributed by atoms with Crippen molar-refractivity contribution in [1.29, 1.82) is 0 Å². The van der Waals surface area contributed by atoms with E-state index in [0.29, 0.717) is 31.3 Å². The van der Waals surface area contributed by atoms with Gasteiger partial charge in [-0.05, 0) is 95.3 Å². The number of hydrogen-bond donors (Lipinski definition) is 0. The first-order valence-corrected chi connectivity index (χ1v) is 14.3. The Balaban J connectivity index is 1.13. The zero-order valence-corrected chi connectivity index (χ0v) is 21.7. The molecule has 2 bridgehead atoms. The molecular formula is C29H41N3O4. The first-order valence-electron chi connectivity index (χ1n) is 14.3. The van der Waals surface area contributed by atoms with Crippen LogP contribution in [0.2, 0.25) is 0 Å². The molecule has 0 N–H and O–H groups in total. The monoisotopic (exact) mass is 495 g/mol. The van der Waals surface area contributed by atoms with Crippen molar-refractivity contribution in [3.05, 3.63) is 35.4 Å². The van der Waals surface area contributed by atoms with Crippen molar-refractivity contribution in [2.75, 3.05) is 26.2 Å². The van der Waals surface area contributed by atoms with Crippen molar-refractivity contribution in [1.82, 2.24) is 14.7 Å². The first kappa shape index (κ1) is 24.1. The minimum atomic E-state index is -0.124. The number of amides is 2. The van der Waals surface area contributed by atoms with Crippen LogP contribution in [0.4, 0.5) is 9.59 Å². The Morgan fingerprint density at radius 3 is 2.33 bits per heavy atom. The van der Waals surface area contributed by atoms with E-state index in [4.69, 9.17) is 9.47 Å². The van der Waals surface area contributed by atoms with Crippen LogP contribution in [0.5, 0.6) is 0 Å². The van der Waals surface area contributed by atoms with Crippen molar-refractivity contribution in [2.24, 2.45) is 0 Å². The van der Waals surface area contributed by atoms with Crippen molar-refractivity contribution in [2.45, 2.75) is 107 Å². The summed E-state index contributed by atoms with van der Waals surface area (Å²) in [6.45, 7) is 5.83. The lowest BCUT2D eigenvalue weighted by Crippen LogP contribution is -2.57. The van der Waals surface area contributed by atoms with E-state index in [9.17, 15) is 9.59 Å². The summed E-state index contributed by atoms with van der Waals surface area (Å²) in [6.07, 6.45) is 10.6. The van der Waals surface area contributed by atoms with E-state index in [1.54, 1.807) is 0 Å². The summed E-state index contributed by atoms with van der Waals surface area (Å²) in [6, 6.07) is 9.92. The molecule has 3 saturated heterocycles. The zero-order chi connectivity index (χ0) is 24.7. The molecule has 1 aliphatic carbocycles. The van der Waals surface area contributed by atoms with Gasteiger partial charge < -0.3 is 24.2 Å². The highest BCUT2D eigenvalue weighted by atomic mass is 16.6. The van der Waals surface area contributed by atoms with Crippen LogP contribution >= 0.6 is 0 Å². The highest BCUT2D eigenvalue weighted by Crippen LogP contribution is 2.44. The van der Waals surface area contributed by atoms with Gasteiger partial charge >= 0.3 is 12.2 Å². The van der Waals surface area contributed by atoms with Crippen molar-refractivity contribution >= 4 is 12.2 Å². The van der Waals surface area contributed by atoms with Gasteiger partial charge in [0.2, 0.25) is 0 Å². The third-order valence-corrected chi connectivity index (χ3v) is 9.73. The molecule has 1 saturated carbocycles. The molecule has 2 amide bonds. The van der Waals surface area contributed by atoms with E-state index in [0.717, 1.165) is 71.0 Å². The molecule has 1 spiro atoms. The molecular weight excluding hydrogens is 454 g/mol. The zero-order valence-electron chi connectivity index (χ0n) is 21.7. The summed E-state index contributed by atoms with van der Waals surface area (Å²) in [4.78, 5) is 32.4. The van der Waals surface area contributed by atoms with E-state index < -0.39 is 0 Å². The van der Waals surface area contributed by atoms with Gasteiger partial charge in [0.25, 0.3) is 0 Å². The molecule has 1 aromatic carbocycles. The highest BCUT2D eigenvalue weighted by Gasteiger charge is 2.48. The molecule has 2 atom stereocenters. The van der Waals surface area contributed by atoms with E-state index in [-0.39, 0.29) is 23.7 Å². The minimum absolute atomic E-state index is 0.00462. The van der Waals surface area contributed by atoms with Crippen LogP contribution in [-0.4, -0.2) is 77.4 Å². The molecule has 0 aromatic heterocycles.